The Balaban J connectivity index is 2.12. The molecule has 1 amide bonds. The van der Waals surface area contributed by atoms with Gasteiger partial charge in [0.1, 0.15) is 5.82 Å². The van der Waals surface area contributed by atoms with E-state index >= 15 is 0 Å². The predicted molar refractivity (Wildman–Crippen MR) is 54.2 cm³/mol. The highest BCUT2D eigenvalue weighted by Crippen LogP contribution is 2.17. The van der Waals surface area contributed by atoms with Crippen molar-refractivity contribution in [2.45, 2.75) is 12.8 Å². The minimum atomic E-state index is -0.421. The fourth-order valence-electron chi connectivity index (χ4n) is 1.65. The molecule has 14 heavy (non-hydrogen) atoms. The van der Waals surface area contributed by atoms with E-state index in [0.29, 0.717) is 5.56 Å². The first-order chi connectivity index (χ1) is 7.31. The maximum absolute atomic E-state index is 11.1. The molecular weight excluding hydrogens is 178 g/mol. The zero-order valence-corrected chi connectivity index (χ0v) is 7.86. The van der Waals surface area contributed by atoms with Crippen molar-refractivity contribution in [2.75, 3.05) is 18.0 Å². The van der Waals surface area contributed by atoms with Crippen molar-refractivity contribution in [3.8, 4) is 0 Å². The normalized spacial score (nSPS) is 16.6. The highest BCUT2D eigenvalue weighted by Gasteiger charge is 2.13. The van der Waals surface area contributed by atoms with Gasteiger partial charge in [-0.15, -0.1) is 0 Å². The second kappa shape index (κ2) is 3.65. The second-order valence-corrected chi connectivity index (χ2v) is 3.43. The van der Waals surface area contributed by atoms with E-state index in [2.05, 4.69) is 9.88 Å². The van der Waals surface area contributed by atoms with E-state index in [1.807, 2.05) is 11.8 Å². The Labute approximate surface area is 84.2 Å². The second-order valence-electron chi connectivity index (χ2n) is 3.43. The Morgan fingerprint density at radius 3 is 2.86 bits per heavy atom. The van der Waals surface area contributed by atoms with Crippen LogP contribution >= 0.6 is 0 Å². The molecule has 0 unspecified atom stereocenters. The molecule has 74 valence electrons. The van der Waals surface area contributed by atoms with E-state index in [1.165, 1.54) is 19.0 Å². The maximum Gasteiger partial charge on any atom is 0.250 e. The topological polar surface area (TPSA) is 59.2 Å². The number of amides is 1. The van der Waals surface area contributed by atoms with Gasteiger partial charge in [0.25, 0.3) is 0 Å². The molecule has 1 fully saturated rings. The molecule has 1 aromatic rings. The van der Waals surface area contributed by atoms with Crippen LogP contribution in [0.3, 0.4) is 0 Å². The zero-order chi connectivity index (χ0) is 10.7. The molecular formula is C10H13N3O. The summed E-state index contributed by atoms with van der Waals surface area (Å²) in [6.45, 7) is 2.08. The molecule has 2 heterocycles. The average Bonchev–Trinajstić information content (AvgIpc) is 2.82. The molecule has 0 aliphatic carbocycles. The Hall–Kier alpha value is -1.58. The van der Waals surface area contributed by atoms with Crippen LogP contribution in [0.2, 0.25) is 1.41 Å². The summed E-state index contributed by atoms with van der Waals surface area (Å²) in [6.07, 6.45) is 3.92. The molecule has 0 radical (unpaired) electrons. The minimum absolute atomic E-state index is 0.421. The molecule has 0 bridgehead atoms. The first kappa shape index (κ1) is 7.79. The smallest absolute Gasteiger partial charge is 0.250 e. The number of pyridine rings is 1. The summed E-state index contributed by atoms with van der Waals surface area (Å²) in [5.74, 6) is 0.490. The summed E-state index contributed by atoms with van der Waals surface area (Å²) in [6, 6.07) is 3.53. The molecule has 1 aliphatic rings. The third-order valence-corrected chi connectivity index (χ3v) is 2.44. The number of primary amides is 1. The molecule has 0 saturated carbocycles. The number of aromatic nitrogens is 1. The SMILES string of the molecule is [2H]NC(=O)c1ccc(N2CCCC2)nc1. The van der Waals surface area contributed by atoms with Crippen molar-refractivity contribution in [3.05, 3.63) is 23.9 Å². The van der Waals surface area contributed by atoms with E-state index < -0.39 is 5.91 Å². The van der Waals surface area contributed by atoms with Crippen LogP contribution in [0.25, 0.3) is 0 Å². The van der Waals surface area contributed by atoms with Crippen LogP contribution in [0.15, 0.2) is 18.3 Å². The molecule has 0 spiro atoms. The predicted octanol–water partition coefficient (Wildman–Crippen LogP) is 0.781. The van der Waals surface area contributed by atoms with Crippen molar-refractivity contribution in [2.24, 2.45) is 5.73 Å². The van der Waals surface area contributed by atoms with Gasteiger partial charge in [-0.3, -0.25) is 4.79 Å². The van der Waals surface area contributed by atoms with Crippen molar-refractivity contribution >= 4 is 11.7 Å². The van der Waals surface area contributed by atoms with Crippen LogP contribution in [-0.2, 0) is 0 Å². The number of anilines is 1. The molecule has 0 aromatic carbocycles. The van der Waals surface area contributed by atoms with Gasteiger partial charge in [-0.05, 0) is 25.0 Å². The molecule has 0 atom stereocenters. The van der Waals surface area contributed by atoms with Crippen LogP contribution in [0, 0.1) is 0 Å². The Morgan fingerprint density at radius 1 is 1.50 bits per heavy atom. The number of nitrogens with zero attached hydrogens (tertiary/aromatic N) is 2. The first-order valence-corrected chi connectivity index (χ1v) is 4.74. The van der Waals surface area contributed by atoms with Crippen molar-refractivity contribution < 1.29 is 6.21 Å². The van der Waals surface area contributed by atoms with Gasteiger partial charge < -0.3 is 10.6 Å². The standard InChI is InChI=1S/C10H13N3O/c11-10(14)8-3-4-9(12-7-8)13-5-1-2-6-13/h3-4,7H,1-2,5-6H2,(H2,11,14)/i/hD. The summed E-state index contributed by atoms with van der Waals surface area (Å²) >= 11 is 0. The van der Waals surface area contributed by atoms with Gasteiger partial charge >= 0.3 is 0 Å². The summed E-state index contributed by atoms with van der Waals surface area (Å²) in [5.41, 5.74) is 2.25. The van der Waals surface area contributed by atoms with Crippen LogP contribution in [0.5, 0.6) is 0 Å². The van der Waals surface area contributed by atoms with Crippen LogP contribution in [0.1, 0.15) is 23.2 Å². The van der Waals surface area contributed by atoms with Gasteiger partial charge in [-0.25, -0.2) is 4.98 Å². The monoisotopic (exact) mass is 192 g/mol. The Morgan fingerprint density at radius 2 is 2.29 bits per heavy atom. The van der Waals surface area contributed by atoms with Gasteiger partial charge in [-0.1, -0.05) is 0 Å². The van der Waals surface area contributed by atoms with E-state index in [9.17, 15) is 4.79 Å². The van der Waals surface area contributed by atoms with Gasteiger partial charge in [0.05, 0.1) is 5.56 Å². The molecule has 4 nitrogen and oxygen atoms in total. The molecule has 1 aliphatic heterocycles. The lowest BCUT2D eigenvalue weighted by Gasteiger charge is -2.15. The van der Waals surface area contributed by atoms with Gasteiger partial charge in [-0.2, -0.15) is 0 Å². The number of carbonyl (C=O) groups is 1. The molecule has 1 saturated heterocycles. The lowest BCUT2D eigenvalue weighted by Crippen LogP contribution is -2.19. The molecule has 2 rings (SSSR count). The van der Waals surface area contributed by atoms with Gasteiger partial charge in [0.15, 0.2) is 1.41 Å². The molecule has 2 N–H and O–H groups in total. The highest BCUT2D eigenvalue weighted by molar-refractivity contribution is 5.92. The van der Waals surface area contributed by atoms with Crippen LogP contribution < -0.4 is 10.6 Å². The number of hydrogen-bond acceptors (Lipinski definition) is 3. The lowest BCUT2D eigenvalue weighted by atomic mass is 10.2. The van der Waals surface area contributed by atoms with Crippen molar-refractivity contribution in [1.82, 2.24) is 4.98 Å². The number of rotatable bonds is 2. The van der Waals surface area contributed by atoms with Gasteiger partial charge in [0, 0.05) is 19.3 Å². The van der Waals surface area contributed by atoms with Gasteiger partial charge in [0.2, 0.25) is 5.91 Å². The third kappa shape index (κ3) is 1.69. The lowest BCUT2D eigenvalue weighted by molar-refractivity contribution is 0.1000. The van der Waals surface area contributed by atoms with E-state index in [4.69, 9.17) is 1.41 Å². The maximum atomic E-state index is 11.1. The summed E-state index contributed by atoms with van der Waals surface area (Å²) < 4.78 is 6.73. The highest BCUT2D eigenvalue weighted by atomic mass is 16.1. The zero-order valence-electron chi connectivity index (χ0n) is 8.86. The minimum Gasteiger partial charge on any atom is -0.366 e. The van der Waals surface area contributed by atoms with E-state index in [-0.39, 0.29) is 0 Å². The van der Waals surface area contributed by atoms with Crippen LogP contribution in [0.4, 0.5) is 5.82 Å². The van der Waals surface area contributed by atoms with E-state index in [0.717, 1.165) is 18.9 Å². The number of hydrogen-bond donors (Lipinski definition) is 1. The number of nitrogens with two attached hydrogens (primary N) is 1. The summed E-state index contributed by atoms with van der Waals surface area (Å²) in [7, 11) is 0. The Bertz CT molecular complexity index is 346. The summed E-state index contributed by atoms with van der Waals surface area (Å²) in [4.78, 5) is 17.5. The van der Waals surface area contributed by atoms with Crippen molar-refractivity contribution in [1.29, 1.82) is 0 Å². The van der Waals surface area contributed by atoms with Crippen molar-refractivity contribution in [3.63, 3.8) is 0 Å². The quantitative estimate of drug-likeness (QED) is 0.753. The third-order valence-electron chi connectivity index (χ3n) is 2.44. The first-order valence-electron chi connectivity index (χ1n) is 5.24. The molecule has 4 heteroatoms. The Kier molecular flexibility index (Phi) is 2.03. The van der Waals surface area contributed by atoms with Crippen LogP contribution in [-0.4, -0.2) is 24.0 Å². The largest absolute Gasteiger partial charge is 0.366 e. The number of carbonyl (C=O) groups excluding carboxylic acids is 1. The summed E-state index contributed by atoms with van der Waals surface area (Å²) in [5, 5.41) is 0. The fourth-order valence-corrected chi connectivity index (χ4v) is 1.65. The van der Waals surface area contributed by atoms with E-state index in [1.54, 1.807) is 6.07 Å². The fraction of sp³-hybridized carbons (Fsp3) is 0.400. The molecule has 1 aromatic heterocycles. The average molecular weight is 192 g/mol.